The first-order valence-electron chi connectivity index (χ1n) is 3.97. The van der Waals surface area contributed by atoms with Gasteiger partial charge in [-0.25, -0.2) is 0 Å². The van der Waals surface area contributed by atoms with Crippen molar-refractivity contribution in [3.05, 3.63) is 23.8 Å². The maximum atomic E-state index is 7.13. The monoisotopic (exact) mass is 250 g/mol. The maximum absolute atomic E-state index is 7.13. The number of rotatable bonds is 2. The van der Waals surface area contributed by atoms with Crippen molar-refractivity contribution in [1.29, 1.82) is 5.41 Å². The lowest BCUT2D eigenvalue weighted by atomic mass is 10.1. The number of amidine groups is 1. The number of hydrogen-bond donors (Lipinski definition) is 2. The fourth-order valence-electron chi connectivity index (χ4n) is 1.27. The second-order valence-electron chi connectivity index (χ2n) is 2.89. The molecule has 0 bridgehead atoms. The summed E-state index contributed by atoms with van der Waals surface area (Å²) >= 11 is 0. The minimum absolute atomic E-state index is 0. The van der Waals surface area contributed by atoms with Gasteiger partial charge in [-0.1, -0.05) is 6.07 Å². The average molecular weight is 251 g/mol. The fourth-order valence-corrected chi connectivity index (χ4v) is 1.27. The molecule has 1 heterocycles. The third-order valence-corrected chi connectivity index (χ3v) is 1.83. The topological polar surface area (TPSA) is 68.3 Å². The minimum atomic E-state index is 0. The predicted octanol–water partition coefficient (Wildman–Crippen LogP) is 1.74. The SMILES string of the molecule is Cl.Cl.N=C(N)Cc1ccc2c(c1)OCO2. The second kappa shape index (κ2) is 5.68. The summed E-state index contributed by atoms with van der Waals surface area (Å²) in [6, 6.07) is 5.57. The van der Waals surface area contributed by atoms with Gasteiger partial charge < -0.3 is 15.2 Å². The van der Waals surface area contributed by atoms with Gasteiger partial charge in [0.05, 0.1) is 5.84 Å². The Morgan fingerprint density at radius 3 is 2.60 bits per heavy atom. The molecule has 2 rings (SSSR count). The first-order chi connectivity index (χ1) is 6.25. The van der Waals surface area contributed by atoms with Crippen LogP contribution in [-0.2, 0) is 6.42 Å². The molecule has 3 N–H and O–H groups in total. The molecule has 0 amide bonds. The summed E-state index contributed by atoms with van der Waals surface area (Å²) in [5.74, 6) is 1.64. The molecule has 0 atom stereocenters. The van der Waals surface area contributed by atoms with Crippen LogP contribution in [0.2, 0.25) is 0 Å². The van der Waals surface area contributed by atoms with Gasteiger partial charge in [0, 0.05) is 6.42 Å². The molecule has 0 radical (unpaired) electrons. The van der Waals surface area contributed by atoms with Gasteiger partial charge >= 0.3 is 0 Å². The van der Waals surface area contributed by atoms with E-state index in [0.717, 1.165) is 17.1 Å². The Balaban J connectivity index is 0.000000980. The van der Waals surface area contributed by atoms with Crippen LogP contribution in [0.15, 0.2) is 18.2 Å². The van der Waals surface area contributed by atoms with Gasteiger partial charge in [0.15, 0.2) is 11.5 Å². The Morgan fingerprint density at radius 2 is 1.93 bits per heavy atom. The van der Waals surface area contributed by atoms with Gasteiger partial charge in [0.1, 0.15) is 0 Å². The van der Waals surface area contributed by atoms with E-state index in [1.807, 2.05) is 18.2 Å². The molecule has 0 aliphatic carbocycles. The number of halogens is 2. The zero-order chi connectivity index (χ0) is 9.26. The molecule has 84 valence electrons. The lowest BCUT2D eigenvalue weighted by Gasteiger charge is -2.00. The Bertz CT molecular complexity index is 358. The van der Waals surface area contributed by atoms with Crippen LogP contribution in [0.3, 0.4) is 0 Å². The highest BCUT2D eigenvalue weighted by Gasteiger charge is 2.12. The van der Waals surface area contributed by atoms with Gasteiger partial charge in [0.25, 0.3) is 0 Å². The van der Waals surface area contributed by atoms with Crippen molar-refractivity contribution in [2.24, 2.45) is 5.73 Å². The molecule has 0 fully saturated rings. The molecule has 0 unspecified atom stereocenters. The second-order valence-corrected chi connectivity index (χ2v) is 2.89. The minimum Gasteiger partial charge on any atom is -0.454 e. The summed E-state index contributed by atoms with van der Waals surface area (Å²) in [5.41, 5.74) is 6.25. The van der Waals surface area contributed by atoms with Gasteiger partial charge in [-0.2, -0.15) is 0 Å². The number of hydrogen-bond acceptors (Lipinski definition) is 3. The quantitative estimate of drug-likeness (QED) is 0.621. The first-order valence-corrected chi connectivity index (χ1v) is 3.97. The van der Waals surface area contributed by atoms with E-state index in [1.165, 1.54) is 0 Å². The summed E-state index contributed by atoms with van der Waals surface area (Å²) in [6.07, 6.45) is 0.455. The van der Waals surface area contributed by atoms with Crippen LogP contribution in [0, 0.1) is 5.41 Å². The third-order valence-electron chi connectivity index (χ3n) is 1.83. The highest BCUT2D eigenvalue weighted by atomic mass is 35.5. The number of nitrogens with two attached hydrogens (primary N) is 1. The first kappa shape index (κ1) is 13.9. The van der Waals surface area contributed by atoms with Crippen molar-refractivity contribution in [3.8, 4) is 11.5 Å². The molecular formula is C9H12Cl2N2O2. The van der Waals surface area contributed by atoms with Crippen LogP contribution in [0.5, 0.6) is 11.5 Å². The van der Waals surface area contributed by atoms with E-state index >= 15 is 0 Å². The molecular weight excluding hydrogens is 239 g/mol. The maximum Gasteiger partial charge on any atom is 0.231 e. The van der Waals surface area contributed by atoms with E-state index in [4.69, 9.17) is 20.6 Å². The normalized spacial score (nSPS) is 11.2. The fraction of sp³-hybridized carbons (Fsp3) is 0.222. The molecule has 15 heavy (non-hydrogen) atoms. The molecule has 1 aromatic carbocycles. The van der Waals surface area contributed by atoms with Crippen LogP contribution in [0.1, 0.15) is 5.56 Å². The number of fused-ring (bicyclic) bond motifs is 1. The average Bonchev–Trinajstić information content (AvgIpc) is 2.49. The van der Waals surface area contributed by atoms with Crippen molar-refractivity contribution < 1.29 is 9.47 Å². The Labute approximate surface area is 100 Å². The van der Waals surface area contributed by atoms with Crippen LogP contribution < -0.4 is 15.2 Å². The number of nitrogens with one attached hydrogen (secondary N) is 1. The number of ether oxygens (including phenoxy) is 2. The standard InChI is InChI=1S/C9H10N2O2.2ClH/c10-9(11)4-6-1-2-7-8(3-6)13-5-12-7;;/h1-3H,4-5H2,(H3,10,11);2*1H. The van der Waals surface area contributed by atoms with E-state index < -0.39 is 0 Å². The van der Waals surface area contributed by atoms with Crippen molar-refractivity contribution in [2.75, 3.05) is 6.79 Å². The molecule has 1 aliphatic rings. The smallest absolute Gasteiger partial charge is 0.231 e. The Morgan fingerprint density at radius 1 is 1.27 bits per heavy atom. The van der Waals surface area contributed by atoms with Gasteiger partial charge in [-0.05, 0) is 17.7 Å². The lowest BCUT2D eigenvalue weighted by Crippen LogP contribution is -2.12. The molecule has 6 heteroatoms. The zero-order valence-corrected chi connectivity index (χ0v) is 9.49. The molecule has 0 saturated heterocycles. The Hall–Kier alpha value is -1.13. The molecule has 0 spiro atoms. The highest BCUT2D eigenvalue weighted by molar-refractivity contribution is 5.85. The van der Waals surface area contributed by atoms with Crippen LogP contribution >= 0.6 is 24.8 Å². The summed E-state index contributed by atoms with van der Waals surface area (Å²) in [5, 5.41) is 7.13. The van der Waals surface area contributed by atoms with Gasteiger partial charge in [-0.15, -0.1) is 24.8 Å². The van der Waals surface area contributed by atoms with E-state index in [-0.39, 0.29) is 37.4 Å². The summed E-state index contributed by atoms with van der Waals surface area (Å²) in [4.78, 5) is 0. The predicted molar refractivity (Wildman–Crippen MR) is 62.7 cm³/mol. The van der Waals surface area contributed by atoms with E-state index in [9.17, 15) is 0 Å². The number of benzene rings is 1. The molecule has 1 aromatic rings. The van der Waals surface area contributed by atoms with Gasteiger partial charge in [-0.3, -0.25) is 5.41 Å². The molecule has 1 aliphatic heterocycles. The molecule has 0 saturated carbocycles. The van der Waals surface area contributed by atoms with Gasteiger partial charge in [0.2, 0.25) is 6.79 Å². The van der Waals surface area contributed by atoms with E-state index in [1.54, 1.807) is 0 Å². The summed E-state index contributed by atoms with van der Waals surface area (Å²) < 4.78 is 10.3. The molecule has 0 aromatic heterocycles. The van der Waals surface area contributed by atoms with Crippen molar-refractivity contribution in [2.45, 2.75) is 6.42 Å². The highest BCUT2D eigenvalue weighted by Crippen LogP contribution is 2.32. The largest absolute Gasteiger partial charge is 0.454 e. The molecule has 4 nitrogen and oxygen atoms in total. The van der Waals surface area contributed by atoms with Crippen LogP contribution in [0.4, 0.5) is 0 Å². The van der Waals surface area contributed by atoms with E-state index in [2.05, 4.69) is 0 Å². The van der Waals surface area contributed by atoms with Crippen molar-refractivity contribution in [3.63, 3.8) is 0 Å². The zero-order valence-electron chi connectivity index (χ0n) is 7.86. The van der Waals surface area contributed by atoms with Crippen molar-refractivity contribution in [1.82, 2.24) is 0 Å². The van der Waals surface area contributed by atoms with E-state index in [0.29, 0.717) is 6.42 Å². The third kappa shape index (κ3) is 3.18. The summed E-state index contributed by atoms with van der Waals surface area (Å²) in [7, 11) is 0. The van der Waals surface area contributed by atoms with Crippen LogP contribution in [-0.4, -0.2) is 12.6 Å². The summed E-state index contributed by atoms with van der Waals surface area (Å²) in [6.45, 7) is 0.277. The van der Waals surface area contributed by atoms with Crippen molar-refractivity contribution >= 4 is 30.6 Å². The van der Waals surface area contributed by atoms with Crippen LogP contribution in [0.25, 0.3) is 0 Å². The lowest BCUT2D eigenvalue weighted by molar-refractivity contribution is 0.174. The Kier molecular flexibility index (Phi) is 5.25.